The van der Waals surface area contributed by atoms with Gasteiger partial charge in [0.2, 0.25) is 5.91 Å². The van der Waals surface area contributed by atoms with Crippen LogP contribution in [0.2, 0.25) is 0 Å². The van der Waals surface area contributed by atoms with Gasteiger partial charge in [0.25, 0.3) is 0 Å². The second kappa shape index (κ2) is 10.3. The molecule has 1 unspecified atom stereocenters. The number of H-pyrrole nitrogens is 1. The number of carbonyl (C=O) groups excluding carboxylic acids is 1. The molecule has 174 valence electrons. The van der Waals surface area contributed by atoms with Crippen molar-refractivity contribution in [1.82, 2.24) is 9.97 Å². The molecule has 4 rings (SSSR count). The lowest BCUT2D eigenvalue weighted by Gasteiger charge is -2.14. The monoisotopic (exact) mass is 469 g/mol. The number of amides is 1. The van der Waals surface area contributed by atoms with E-state index in [4.69, 9.17) is 4.98 Å². The SMILES string of the molecule is CCC(Sc1nc(-c2ccc(C)cc2)c(-c2ccc(C)cc2)[nH]1)C(=O)Nc1ccc(C)c(C)c1. The number of imidazole rings is 1. The summed E-state index contributed by atoms with van der Waals surface area (Å²) in [5.74, 6) is -0.0130. The number of aromatic nitrogens is 2. The number of carbonyl (C=O) groups is 1. The lowest BCUT2D eigenvalue weighted by atomic mass is 10.0. The molecular formula is C29H31N3OS. The van der Waals surface area contributed by atoms with E-state index in [9.17, 15) is 4.79 Å². The molecule has 1 aromatic heterocycles. The highest BCUT2D eigenvalue weighted by Gasteiger charge is 2.22. The third-order valence-electron chi connectivity index (χ3n) is 6.04. The van der Waals surface area contributed by atoms with Crippen molar-refractivity contribution < 1.29 is 4.79 Å². The topological polar surface area (TPSA) is 57.8 Å². The highest BCUT2D eigenvalue weighted by atomic mass is 32.2. The fraction of sp³-hybridized carbons (Fsp3) is 0.241. The first-order chi connectivity index (χ1) is 16.3. The van der Waals surface area contributed by atoms with Crippen molar-refractivity contribution in [2.75, 3.05) is 5.32 Å². The van der Waals surface area contributed by atoms with Gasteiger partial charge < -0.3 is 10.3 Å². The molecule has 2 N–H and O–H groups in total. The standard InChI is InChI=1S/C29H31N3OS/c1-6-25(28(33)30-24-16-11-20(4)21(5)17-24)34-29-31-26(22-12-7-18(2)8-13-22)27(32-29)23-14-9-19(3)10-15-23/h7-17,25H,6H2,1-5H3,(H,30,33)(H,31,32). The first-order valence-electron chi connectivity index (χ1n) is 11.6. The Labute approximate surface area is 206 Å². The van der Waals surface area contributed by atoms with E-state index in [1.54, 1.807) is 0 Å². The van der Waals surface area contributed by atoms with Gasteiger partial charge in [0.15, 0.2) is 5.16 Å². The highest BCUT2D eigenvalue weighted by Crippen LogP contribution is 2.35. The highest BCUT2D eigenvalue weighted by molar-refractivity contribution is 8.00. The third kappa shape index (κ3) is 5.42. The molecule has 0 saturated heterocycles. The minimum Gasteiger partial charge on any atom is -0.332 e. The maximum Gasteiger partial charge on any atom is 0.237 e. The molecule has 0 aliphatic rings. The third-order valence-corrected chi connectivity index (χ3v) is 7.29. The molecule has 4 nitrogen and oxygen atoms in total. The summed E-state index contributed by atoms with van der Waals surface area (Å²) in [5, 5.41) is 3.56. The van der Waals surface area contributed by atoms with Gasteiger partial charge in [0.05, 0.1) is 16.6 Å². The molecule has 0 saturated carbocycles. The van der Waals surface area contributed by atoms with E-state index < -0.39 is 0 Å². The van der Waals surface area contributed by atoms with Crippen LogP contribution in [0.1, 0.15) is 35.6 Å². The molecule has 0 fully saturated rings. The number of hydrogen-bond donors (Lipinski definition) is 2. The Hall–Kier alpha value is -3.31. The Morgan fingerprint density at radius 1 is 0.882 bits per heavy atom. The summed E-state index contributed by atoms with van der Waals surface area (Å²) in [4.78, 5) is 21.5. The predicted molar refractivity (Wildman–Crippen MR) is 143 cm³/mol. The Morgan fingerprint density at radius 2 is 1.50 bits per heavy atom. The van der Waals surface area contributed by atoms with Crippen LogP contribution in [0.3, 0.4) is 0 Å². The summed E-state index contributed by atoms with van der Waals surface area (Å²) in [5.41, 5.74) is 9.62. The quantitative estimate of drug-likeness (QED) is 0.276. The molecule has 1 atom stereocenters. The molecule has 1 amide bonds. The predicted octanol–water partition coefficient (Wildman–Crippen LogP) is 7.49. The van der Waals surface area contributed by atoms with Crippen molar-refractivity contribution in [2.45, 2.75) is 51.4 Å². The molecule has 5 heteroatoms. The maximum absolute atomic E-state index is 13.1. The van der Waals surface area contributed by atoms with E-state index in [2.05, 4.69) is 86.5 Å². The summed E-state index contributed by atoms with van der Waals surface area (Å²) in [6, 6.07) is 22.8. The number of thioether (sulfide) groups is 1. The van der Waals surface area contributed by atoms with Gasteiger partial charge in [-0.05, 0) is 57.4 Å². The van der Waals surface area contributed by atoms with E-state index in [0.29, 0.717) is 6.42 Å². The molecule has 0 aliphatic heterocycles. The Balaban J connectivity index is 1.62. The minimum absolute atomic E-state index is 0.0130. The first-order valence-corrected chi connectivity index (χ1v) is 12.5. The van der Waals surface area contributed by atoms with Crippen LogP contribution in [0.25, 0.3) is 22.5 Å². The fourth-order valence-electron chi connectivity index (χ4n) is 3.76. The Kier molecular flexibility index (Phi) is 7.23. The molecule has 0 spiro atoms. The van der Waals surface area contributed by atoms with Gasteiger partial charge in [-0.2, -0.15) is 0 Å². The summed E-state index contributed by atoms with van der Waals surface area (Å²) in [6.07, 6.45) is 0.696. The summed E-state index contributed by atoms with van der Waals surface area (Å²) in [7, 11) is 0. The lowest BCUT2D eigenvalue weighted by Crippen LogP contribution is -2.24. The van der Waals surface area contributed by atoms with Crippen LogP contribution in [-0.4, -0.2) is 21.1 Å². The van der Waals surface area contributed by atoms with Crippen molar-refractivity contribution in [3.63, 3.8) is 0 Å². The second-order valence-electron chi connectivity index (χ2n) is 8.80. The van der Waals surface area contributed by atoms with Crippen LogP contribution in [0.15, 0.2) is 71.9 Å². The molecule has 34 heavy (non-hydrogen) atoms. The Morgan fingerprint density at radius 3 is 2.09 bits per heavy atom. The number of hydrogen-bond acceptors (Lipinski definition) is 3. The zero-order valence-electron chi connectivity index (χ0n) is 20.4. The molecule has 3 aromatic carbocycles. The maximum atomic E-state index is 13.1. The molecule has 4 aromatic rings. The van der Waals surface area contributed by atoms with Crippen molar-refractivity contribution >= 4 is 23.4 Å². The largest absolute Gasteiger partial charge is 0.332 e. The van der Waals surface area contributed by atoms with Crippen LogP contribution in [0.5, 0.6) is 0 Å². The number of nitrogens with zero attached hydrogens (tertiary/aromatic N) is 1. The molecule has 0 bridgehead atoms. The summed E-state index contributed by atoms with van der Waals surface area (Å²) < 4.78 is 0. The van der Waals surface area contributed by atoms with Crippen molar-refractivity contribution in [3.8, 4) is 22.5 Å². The number of nitrogens with one attached hydrogen (secondary N) is 2. The molecule has 0 radical (unpaired) electrons. The van der Waals surface area contributed by atoms with Crippen LogP contribution in [0, 0.1) is 27.7 Å². The fourth-order valence-corrected chi connectivity index (χ4v) is 4.66. The molecular weight excluding hydrogens is 438 g/mol. The second-order valence-corrected chi connectivity index (χ2v) is 9.99. The van der Waals surface area contributed by atoms with Gasteiger partial charge in [-0.1, -0.05) is 84.4 Å². The first kappa shape index (κ1) is 23.8. The zero-order valence-corrected chi connectivity index (χ0v) is 21.2. The van der Waals surface area contributed by atoms with E-state index >= 15 is 0 Å². The van der Waals surface area contributed by atoms with Gasteiger partial charge in [-0.3, -0.25) is 4.79 Å². The summed E-state index contributed by atoms with van der Waals surface area (Å²) in [6.45, 7) is 10.3. The van der Waals surface area contributed by atoms with Crippen LogP contribution in [-0.2, 0) is 4.79 Å². The number of aromatic amines is 1. The van der Waals surface area contributed by atoms with Crippen LogP contribution < -0.4 is 5.32 Å². The average Bonchev–Trinajstić information content (AvgIpc) is 3.24. The van der Waals surface area contributed by atoms with E-state index in [-0.39, 0.29) is 11.2 Å². The van der Waals surface area contributed by atoms with Crippen molar-refractivity contribution in [2.24, 2.45) is 0 Å². The normalized spacial score (nSPS) is 11.9. The number of benzene rings is 3. The van der Waals surface area contributed by atoms with E-state index in [1.807, 2.05) is 25.1 Å². The van der Waals surface area contributed by atoms with Gasteiger partial charge in [-0.15, -0.1) is 0 Å². The van der Waals surface area contributed by atoms with Crippen molar-refractivity contribution in [3.05, 3.63) is 89.0 Å². The number of rotatable bonds is 7. The minimum atomic E-state index is -0.260. The van der Waals surface area contributed by atoms with Gasteiger partial charge in [0.1, 0.15) is 0 Å². The van der Waals surface area contributed by atoms with E-state index in [1.165, 1.54) is 28.5 Å². The number of aryl methyl sites for hydroxylation is 4. The zero-order chi connectivity index (χ0) is 24.2. The van der Waals surface area contributed by atoms with Crippen molar-refractivity contribution in [1.29, 1.82) is 0 Å². The lowest BCUT2D eigenvalue weighted by molar-refractivity contribution is -0.115. The van der Waals surface area contributed by atoms with Gasteiger partial charge in [0, 0.05) is 16.8 Å². The Bertz CT molecular complexity index is 1230. The van der Waals surface area contributed by atoms with Gasteiger partial charge >= 0.3 is 0 Å². The van der Waals surface area contributed by atoms with Gasteiger partial charge in [-0.25, -0.2) is 4.98 Å². The molecule has 0 aliphatic carbocycles. The smallest absolute Gasteiger partial charge is 0.237 e. The van der Waals surface area contributed by atoms with E-state index in [0.717, 1.165) is 38.9 Å². The molecule has 1 heterocycles. The van der Waals surface area contributed by atoms with Crippen LogP contribution >= 0.6 is 11.8 Å². The van der Waals surface area contributed by atoms with Crippen LogP contribution in [0.4, 0.5) is 5.69 Å². The number of anilines is 1. The average molecular weight is 470 g/mol. The summed E-state index contributed by atoms with van der Waals surface area (Å²) >= 11 is 1.48.